The number of carbonyl (C=O) groups is 6. The van der Waals surface area contributed by atoms with E-state index in [4.69, 9.17) is 9.47 Å². The predicted molar refractivity (Wildman–Crippen MR) is 234 cm³/mol. The van der Waals surface area contributed by atoms with E-state index in [2.05, 4.69) is 26.2 Å². The molecule has 3 aromatic rings. The van der Waals surface area contributed by atoms with Crippen LogP contribution in [0.2, 0.25) is 0 Å². The van der Waals surface area contributed by atoms with E-state index in [9.17, 15) is 28.8 Å². The quantitative estimate of drug-likeness (QED) is 0.122. The summed E-state index contributed by atoms with van der Waals surface area (Å²) in [6.45, 7) is 9.66. The molecule has 5 rings (SSSR count). The molecule has 61 heavy (non-hydrogen) atoms. The van der Waals surface area contributed by atoms with Gasteiger partial charge in [-0.05, 0) is 85.0 Å². The van der Waals surface area contributed by atoms with Crippen molar-refractivity contribution in [2.75, 3.05) is 42.8 Å². The summed E-state index contributed by atoms with van der Waals surface area (Å²) < 4.78 is 9.51. The zero-order chi connectivity index (χ0) is 44.1. The molecule has 3 aromatic carbocycles. The highest BCUT2D eigenvalue weighted by Crippen LogP contribution is 2.26. The molecular weight excluding hydrogens is 779 g/mol. The van der Waals surface area contributed by atoms with Gasteiger partial charge in [-0.15, -0.1) is 0 Å². The van der Waals surface area contributed by atoms with Crippen molar-refractivity contribution >= 4 is 52.9 Å². The minimum absolute atomic E-state index is 0.146. The molecule has 2 saturated heterocycles. The topological polar surface area (TPSA) is 179 Å². The summed E-state index contributed by atoms with van der Waals surface area (Å²) in [7, 11) is 2.51. The van der Waals surface area contributed by atoms with Crippen molar-refractivity contribution in [1.29, 1.82) is 0 Å². The molecule has 2 aliphatic rings. The number of rotatable bonds is 17. The van der Waals surface area contributed by atoms with Gasteiger partial charge in [0.15, 0.2) is 0 Å². The number of hydrogen-bond acceptors (Lipinski definition) is 9. The number of hydrogen-bond donors (Lipinski definition) is 4. The molecule has 0 saturated carbocycles. The first-order chi connectivity index (χ1) is 29.4. The third-order valence-electron chi connectivity index (χ3n) is 11.9. The maximum absolute atomic E-state index is 13.6. The van der Waals surface area contributed by atoms with Gasteiger partial charge in [-0.25, -0.2) is 9.59 Å². The molecule has 0 aliphatic carbocycles. The first-order valence-corrected chi connectivity index (χ1v) is 21.3. The zero-order valence-electron chi connectivity index (χ0n) is 36.1. The average molecular weight is 840 g/mol. The summed E-state index contributed by atoms with van der Waals surface area (Å²) >= 11 is 0. The molecule has 328 valence electrons. The molecule has 4 N–H and O–H groups in total. The van der Waals surface area contributed by atoms with Crippen molar-refractivity contribution in [3.05, 3.63) is 90.0 Å². The Morgan fingerprint density at radius 1 is 0.623 bits per heavy atom. The Labute approximate surface area is 358 Å². The lowest BCUT2D eigenvalue weighted by molar-refractivity contribution is -0.139. The van der Waals surface area contributed by atoms with E-state index >= 15 is 0 Å². The van der Waals surface area contributed by atoms with Gasteiger partial charge in [0.05, 0.1) is 14.2 Å². The highest BCUT2D eigenvalue weighted by Gasteiger charge is 2.41. The van der Waals surface area contributed by atoms with Crippen molar-refractivity contribution in [2.45, 2.75) is 103 Å². The second-order valence-corrected chi connectivity index (χ2v) is 15.9. The van der Waals surface area contributed by atoms with Gasteiger partial charge in [0.25, 0.3) is 0 Å². The Balaban J connectivity index is 1.21. The monoisotopic (exact) mass is 839 g/mol. The van der Waals surface area contributed by atoms with Crippen LogP contribution in [-0.2, 0) is 41.7 Å². The molecule has 0 spiro atoms. The summed E-state index contributed by atoms with van der Waals surface area (Å²) in [5, 5.41) is 11.3. The third kappa shape index (κ3) is 12.0. The Hall–Kier alpha value is -6.12. The van der Waals surface area contributed by atoms with E-state index in [1.807, 2.05) is 107 Å². The van der Waals surface area contributed by atoms with Gasteiger partial charge >= 0.3 is 12.2 Å². The molecule has 2 aliphatic heterocycles. The van der Waals surface area contributed by atoms with E-state index in [-0.39, 0.29) is 35.5 Å². The normalized spacial score (nSPS) is 17.9. The number of likely N-dealkylation sites (tertiary alicyclic amines) is 2. The van der Waals surface area contributed by atoms with E-state index < -0.39 is 36.4 Å². The van der Waals surface area contributed by atoms with Crippen molar-refractivity contribution in [1.82, 2.24) is 20.4 Å². The van der Waals surface area contributed by atoms with Crippen molar-refractivity contribution < 1.29 is 38.2 Å². The van der Waals surface area contributed by atoms with Crippen molar-refractivity contribution in [3.8, 4) is 0 Å². The molecule has 0 aromatic heterocycles. The standard InChI is InChI=1S/C46H61N7O8/c1-7-30(3)39(49-45(58)60-5)43(56)52-26-12-16-37(52)41(54)47-34-22-18-32(19-23-34)28-51(36-14-10-9-11-15-36)29-33-20-24-35(25-21-33)48-42(55)38-17-13-27-53(38)44(57)40(31(4)8-2)50-46(59)61-6/h9-11,14-15,18-25,30-31,37-40H,7-8,12-13,16-17,26-29H2,1-6H3,(H,47,54)(H,48,55)(H,49,58)(H,50,59)/t30-,31-,37+,38+,39+,40+/m1/s1. The number of anilines is 3. The molecule has 0 bridgehead atoms. The second-order valence-electron chi connectivity index (χ2n) is 15.9. The molecule has 6 amide bonds. The van der Waals surface area contributed by atoms with Gasteiger partial charge in [-0.3, -0.25) is 19.2 Å². The number of carbonyl (C=O) groups excluding carboxylic acids is 6. The second kappa shape index (κ2) is 21.9. The number of ether oxygens (including phenoxy) is 2. The minimum atomic E-state index is -0.796. The summed E-state index contributed by atoms with van der Waals surface area (Å²) in [5.41, 5.74) is 4.27. The van der Waals surface area contributed by atoms with E-state index in [1.165, 1.54) is 14.2 Å². The molecule has 0 unspecified atom stereocenters. The number of amides is 6. The van der Waals surface area contributed by atoms with Crippen LogP contribution in [0.4, 0.5) is 26.7 Å². The van der Waals surface area contributed by atoms with Gasteiger partial charge in [0.1, 0.15) is 24.2 Å². The number of para-hydroxylation sites is 1. The molecular formula is C46H61N7O8. The fourth-order valence-corrected chi connectivity index (χ4v) is 7.86. The Morgan fingerprint density at radius 3 is 1.38 bits per heavy atom. The van der Waals surface area contributed by atoms with Crippen LogP contribution in [0.1, 0.15) is 77.3 Å². The first-order valence-electron chi connectivity index (χ1n) is 21.3. The van der Waals surface area contributed by atoms with Gasteiger partial charge < -0.3 is 45.4 Å². The van der Waals surface area contributed by atoms with E-state index in [0.717, 1.165) is 16.8 Å². The summed E-state index contributed by atoms with van der Waals surface area (Å²) in [4.78, 5) is 83.7. The van der Waals surface area contributed by atoms with Crippen LogP contribution in [-0.4, -0.2) is 97.1 Å². The molecule has 15 heteroatoms. The number of nitrogens with zero attached hydrogens (tertiary/aromatic N) is 3. The van der Waals surface area contributed by atoms with Gasteiger partial charge in [-0.1, -0.05) is 83.0 Å². The highest BCUT2D eigenvalue weighted by atomic mass is 16.5. The van der Waals surface area contributed by atoms with Crippen LogP contribution in [0.25, 0.3) is 0 Å². The van der Waals surface area contributed by atoms with Crippen LogP contribution in [0.15, 0.2) is 78.9 Å². The molecule has 2 fully saturated rings. The van der Waals surface area contributed by atoms with Crippen LogP contribution >= 0.6 is 0 Å². The van der Waals surface area contributed by atoms with Gasteiger partial charge in [-0.2, -0.15) is 0 Å². The van der Waals surface area contributed by atoms with Crippen LogP contribution in [0, 0.1) is 11.8 Å². The Bertz CT molecular complexity index is 1840. The predicted octanol–water partition coefficient (Wildman–Crippen LogP) is 6.29. The minimum Gasteiger partial charge on any atom is -0.453 e. The molecule has 0 radical (unpaired) electrons. The first kappa shape index (κ1) is 46.0. The lowest BCUT2D eigenvalue weighted by Gasteiger charge is -2.31. The van der Waals surface area contributed by atoms with Crippen molar-refractivity contribution in [2.24, 2.45) is 11.8 Å². The summed E-state index contributed by atoms with van der Waals surface area (Å²) in [6.07, 6.45) is 2.37. The number of methoxy groups -OCH3 is 2. The van der Waals surface area contributed by atoms with Crippen LogP contribution in [0.5, 0.6) is 0 Å². The van der Waals surface area contributed by atoms with Crippen LogP contribution < -0.4 is 26.2 Å². The Kier molecular flexibility index (Phi) is 16.5. The molecule has 15 nitrogen and oxygen atoms in total. The Morgan fingerprint density at radius 2 is 1.02 bits per heavy atom. The van der Waals surface area contributed by atoms with E-state index in [1.54, 1.807) is 9.80 Å². The SMILES string of the molecule is CC[C@@H](C)[C@H](NC(=O)OC)C(=O)N1CCC[C@H]1C(=O)Nc1ccc(CN(Cc2ccc(NC(=O)[C@@H]3CCCN3C(=O)[C@@H](NC(=O)OC)[C@H](C)CC)cc2)c2ccccc2)cc1. The summed E-state index contributed by atoms with van der Waals surface area (Å²) in [5.74, 6) is -1.43. The number of alkyl carbamates (subject to hydrolysis) is 2. The third-order valence-corrected chi connectivity index (χ3v) is 11.9. The number of benzene rings is 3. The van der Waals surface area contributed by atoms with Gasteiger partial charge in [0, 0.05) is 43.2 Å². The van der Waals surface area contributed by atoms with Gasteiger partial charge in [0.2, 0.25) is 23.6 Å². The van der Waals surface area contributed by atoms with Crippen LogP contribution in [0.3, 0.4) is 0 Å². The smallest absolute Gasteiger partial charge is 0.407 e. The lowest BCUT2D eigenvalue weighted by atomic mass is 9.97. The highest BCUT2D eigenvalue weighted by molar-refractivity contribution is 5.99. The molecule has 2 heterocycles. The maximum atomic E-state index is 13.6. The average Bonchev–Trinajstić information content (AvgIpc) is 3.99. The lowest BCUT2D eigenvalue weighted by Crippen LogP contribution is -2.54. The van der Waals surface area contributed by atoms with E-state index in [0.29, 0.717) is 76.1 Å². The fraction of sp³-hybridized carbons (Fsp3) is 0.478. The fourth-order valence-electron chi connectivity index (χ4n) is 7.86. The largest absolute Gasteiger partial charge is 0.453 e. The number of nitrogens with one attached hydrogen (secondary N) is 4. The summed E-state index contributed by atoms with van der Waals surface area (Å²) in [6, 6.07) is 22.4. The maximum Gasteiger partial charge on any atom is 0.407 e. The zero-order valence-corrected chi connectivity index (χ0v) is 36.1. The molecule has 6 atom stereocenters. The van der Waals surface area contributed by atoms with Crippen molar-refractivity contribution in [3.63, 3.8) is 0 Å².